The van der Waals surface area contributed by atoms with Gasteiger partial charge in [0, 0.05) is 49.6 Å². The molecule has 4 atom stereocenters. The Morgan fingerprint density at radius 1 is 1.35 bits per heavy atom. The highest BCUT2D eigenvalue weighted by Gasteiger charge is 2.53. The summed E-state index contributed by atoms with van der Waals surface area (Å²) in [5, 5.41) is 14.9. The zero-order chi connectivity index (χ0) is 24.8. The van der Waals surface area contributed by atoms with Crippen molar-refractivity contribution in [1.29, 1.82) is 5.41 Å². The largest absolute Gasteiger partial charge is 0.487 e. The molecule has 1 saturated heterocycles. The van der Waals surface area contributed by atoms with Crippen LogP contribution in [-0.2, 0) is 14.3 Å². The van der Waals surface area contributed by atoms with E-state index in [-0.39, 0.29) is 47.3 Å². The van der Waals surface area contributed by atoms with Crippen molar-refractivity contribution >= 4 is 17.8 Å². The summed E-state index contributed by atoms with van der Waals surface area (Å²) in [6, 6.07) is 5.75. The van der Waals surface area contributed by atoms with Crippen LogP contribution in [0.1, 0.15) is 70.5 Å². The summed E-state index contributed by atoms with van der Waals surface area (Å²) >= 11 is 0. The number of aryl methyl sites for hydroxylation is 1. The number of methoxy groups -OCH3 is 1. The lowest BCUT2D eigenvalue weighted by molar-refractivity contribution is -0.133. The zero-order valence-electron chi connectivity index (χ0n) is 21.2. The van der Waals surface area contributed by atoms with E-state index in [4.69, 9.17) is 14.9 Å². The van der Waals surface area contributed by atoms with E-state index in [1.807, 2.05) is 52.8 Å². The Bertz CT molecular complexity index is 969. The molecule has 4 rings (SSSR count). The normalized spacial score (nSPS) is 27.8. The third-order valence-electron chi connectivity index (χ3n) is 7.12. The summed E-state index contributed by atoms with van der Waals surface area (Å²) in [5.74, 6) is 0.698. The monoisotopic (exact) mass is 470 g/mol. The summed E-state index contributed by atoms with van der Waals surface area (Å²) in [4.78, 5) is 27.9. The summed E-state index contributed by atoms with van der Waals surface area (Å²) in [6.07, 6.45) is 2.30. The average Bonchev–Trinajstić information content (AvgIpc) is 3.48. The first kappa shape index (κ1) is 24.5. The van der Waals surface area contributed by atoms with Gasteiger partial charge in [-0.1, -0.05) is 12.1 Å². The zero-order valence-corrected chi connectivity index (χ0v) is 21.2. The van der Waals surface area contributed by atoms with Crippen LogP contribution in [0.15, 0.2) is 18.2 Å². The lowest BCUT2D eigenvalue weighted by atomic mass is 9.89. The molecule has 1 aliphatic carbocycles. The molecule has 2 amide bonds. The van der Waals surface area contributed by atoms with Gasteiger partial charge in [-0.2, -0.15) is 0 Å². The number of nitrogens with zero attached hydrogens (tertiary/aromatic N) is 1. The average molecular weight is 471 g/mol. The number of ether oxygens (including phenoxy) is 2. The van der Waals surface area contributed by atoms with Crippen LogP contribution in [0, 0.1) is 24.2 Å². The lowest BCUT2D eigenvalue weighted by Gasteiger charge is -2.42. The summed E-state index contributed by atoms with van der Waals surface area (Å²) in [7, 11) is 1.63. The van der Waals surface area contributed by atoms with Crippen molar-refractivity contribution < 1.29 is 19.1 Å². The first-order valence-electron chi connectivity index (χ1n) is 12.2. The highest BCUT2D eigenvalue weighted by molar-refractivity contribution is 5.99. The van der Waals surface area contributed by atoms with Crippen LogP contribution in [0.5, 0.6) is 5.75 Å². The van der Waals surface area contributed by atoms with Crippen LogP contribution in [0.25, 0.3) is 0 Å². The predicted molar refractivity (Wildman–Crippen MR) is 130 cm³/mol. The van der Waals surface area contributed by atoms with Gasteiger partial charge in [-0.3, -0.25) is 19.9 Å². The minimum absolute atomic E-state index is 0.00548. The number of nitrogens with one attached hydrogen (secondary N) is 3. The first-order valence-corrected chi connectivity index (χ1v) is 12.2. The van der Waals surface area contributed by atoms with Gasteiger partial charge < -0.3 is 20.1 Å². The fraction of sp³-hybridized carbons (Fsp3) is 0.654. The Morgan fingerprint density at radius 2 is 2.09 bits per heavy atom. The van der Waals surface area contributed by atoms with E-state index >= 15 is 0 Å². The minimum Gasteiger partial charge on any atom is -0.487 e. The van der Waals surface area contributed by atoms with Gasteiger partial charge >= 0.3 is 0 Å². The number of hydrogen-bond donors (Lipinski definition) is 3. The van der Waals surface area contributed by atoms with Crippen molar-refractivity contribution in [1.82, 2.24) is 15.5 Å². The van der Waals surface area contributed by atoms with E-state index in [0.717, 1.165) is 16.9 Å². The van der Waals surface area contributed by atoms with Crippen molar-refractivity contribution in [3.63, 3.8) is 0 Å². The molecule has 0 aromatic heterocycles. The van der Waals surface area contributed by atoms with Crippen LogP contribution in [0.4, 0.5) is 0 Å². The highest BCUT2D eigenvalue weighted by atomic mass is 16.5. The quantitative estimate of drug-likeness (QED) is 0.567. The number of rotatable bonds is 7. The Balaban J connectivity index is 1.48. The Hall–Kier alpha value is -2.61. The Kier molecular flexibility index (Phi) is 6.40. The van der Waals surface area contributed by atoms with Gasteiger partial charge in [-0.05, 0) is 65.0 Å². The van der Waals surface area contributed by atoms with Crippen molar-refractivity contribution in [3.8, 4) is 5.75 Å². The van der Waals surface area contributed by atoms with Gasteiger partial charge in [-0.25, -0.2) is 0 Å². The van der Waals surface area contributed by atoms with Gasteiger partial charge in [0.05, 0.1) is 6.04 Å². The smallest absolute Gasteiger partial charge is 0.231 e. The second-order valence-corrected chi connectivity index (χ2v) is 11.3. The standard InChI is InChI=1S/C26H38N4O4/c1-15-7-8-16-19(13-26(4,5)34-21(16)11-15)28-23(32)18-12-17(18)20(9-10-33-6)30-22(31)14-25(2,3)29-24(30)27/h7-8,11,17-20H,9-10,12-14H2,1-6H3,(H2,27,29)(H,28,32)/t17-,18-,19-,20-/m1/s1. The number of carbonyl (C=O) groups is 2. The summed E-state index contributed by atoms with van der Waals surface area (Å²) in [5.41, 5.74) is 1.30. The number of amides is 2. The van der Waals surface area contributed by atoms with Crippen LogP contribution < -0.4 is 15.4 Å². The molecule has 3 N–H and O–H groups in total. The van der Waals surface area contributed by atoms with E-state index in [1.54, 1.807) is 12.0 Å². The maximum Gasteiger partial charge on any atom is 0.231 e. The van der Waals surface area contributed by atoms with Gasteiger partial charge in [0.2, 0.25) is 11.8 Å². The van der Waals surface area contributed by atoms with Crippen molar-refractivity contribution in [2.75, 3.05) is 13.7 Å². The fourth-order valence-electron chi connectivity index (χ4n) is 5.44. The number of benzene rings is 1. The van der Waals surface area contributed by atoms with Gasteiger partial charge in [0.1, 0.15) is 11.4 Å². The van der Waals surface area contributed by atoms with E-state index in [9.17, 15) is 9.59 Å². The molecule has 0 unspecified atom stereocenters. The first-order chi connectivity index (χ1) is 15.9. The third-order valence-corrected chi connectivity index (χ3v) is 7.12. The molecule has 2 fully saturated rings. The summed E-state index contributed by atoms with van der Waals surface area (Å²) < 4.78 is 11.5. The van der Waals surface area contributed by atoms with Crippen molar-refractivity contribution in [2.45, 2.75) is 83.5 Å². The maximum atomic E-state index is 13.3. The molecule has 34 heavy (non-hydrogen) atoms. The molecular formula is C26H38N4O4. The van der Waals surface area contributed by atoms with Crippen LogP contribution in [0.3, 0.4) is 0 Å². The number of carbonyl (C=O) groups excluding carboxylic acids is 2. The Morgan fingerprint density at radius 3 is 2.76 bits per heavy atom. The van der Waals surface area contributed by atoms with Crippen LogP contribution in [0.2, 0.25) is 0 Å². The van der Waals surface area contributed by atoms with Gasteiger partial charge in [-0.15, -0.1) is 0 Å². The molecule has 1 saturated carbocycles. The van der Waals surface area contributed by atoms with E-state index in [2.05, 4.69) is 10.6 Å². The number of hydrogen-bond acceptors (Lipinski definition) is 5. The number of guanidine groups is 1. The SMILES string of the molecule is COCC[C@H]([C@@H]1C[C@H]1C(=O)N[C@@H]1CC(C)(C)Oc2cc(C)ccc21)N1C(=N)NC(C)(C)CC1=O. The van der Waals surface area contributed by atoms with E-state index in [1.165, 1.54) is 0 Å². The molecule has 0 bridgehead atoms. The molecule has 3 aliphatic rings. The second kappa shape index (κ2) is 8.87. The number of fused-ring (bicyclic) bond motifs is 1. The molecule has 1 aromatic carbocycles. The van der Waals surface area contributed by atoms with Crippen LogP contribution in [-0.4, -0.2) is 53.6 Å². The van der Waals surface area contributed by atoms with Crippen molar-refractivity contribution in [3.05, 3.63) is 29.3 Å². The molecule has 1 aromatic rings. The third kappa shape index (κ3) is 5.06. The Labute approximate surface area is 202 Å². The molecule has 186 valence electrons. The molecule has 2 aliphatic heterocycles. The molecule has 0 radical (unpaired) electrons. The van der Waals surface area contributed by atoms with Gasteiger partial charge in [0.15, 0.2) is 5.96 Å². The predicted octanol–water partition coefficient (Wildman–Crippen LogP) is 3.29. The van der Waals surface area contributed by atoms with E-state index < -0.39 is 5.54 Å². The van der Waals surface area contributed by atoms with Crippen LogP contribution >= 0.6 is 0 Å². The molecule has 0 spiro atoms. The van der Waals surface area contributed by atoms with Gasteiger partial charge in [0.25, 0.3) is 0 Å². The lowest BCUT2D eigenvalue weighted by Crippen LogP contribution is -2.63. The minimum atomic E-state index is -0.446. The second-order valence-electron chi connectivity index (χ2n) is 11.3. The van der Waals surface area contributed by atoms with E-state index in [0.29, 0.717) is 32.3 Å². The highest BCUT2D eigenvalue weighted by Crippen LogP contribution is 2.46. The topological polar surface area (TPSA) is 104 Å². The van der Waals surface area contributed by atoms with Crippen molar-refractivity contribution in [2.24, 2.45) is 11.8 Å². The molecule has 8 nitrogen and oxygen atoms in total. The summed E-state index contributed by atoms with van der Waals surface area (Å²) in [6.45, 7) is 10.4. The molecule has 8 heteroatoms. The molecular weight excluding hydrogens is 432 g/mol. The molecule has 2 heterocycles. The maximum absolute atomic E-state index is 13.3. The fourth-order valence-corrected chi connectivity index (χ4v) is 5.44.